The summed E-state index contributed by atoms with van der Waals surface area (Å²) in [6.07, 6.45) is 3.17. The molecule has 0 amide bonds. The van der Waals surface area contributed by atoms with E-state index >= 15 is 0 Å². The van der Waals surface area contributed by atoms with Gasteiger partial charge >= 0.3 is 0 Å². The predicted molar refractivity (Wildman–Crippen MR) is 111 cm³/mol. The molecule has 1 aliphatic rings. The highest BCUT2D eigenvalue weighted by molar-refractivity contribution is 5.80. The lowest BCUT2D eigenvalue weighted by Crippen LogP contribution is -2.39. The highest BCUT2D eigenvalue weighted by Gasteiger charge is 2.18. The highest BCUT2D eigenvalue weighted by Crippen LogP contribution is 2.36. The van der Waals surface area contributed by atoms with E-state index in [1.807, 2.05) is 6.07 Å². The molecule has 7 heteroatoms. The smallest absolute Gasteiger partial charge is 0.169 e. The van der Waals surface area contributed by atoms with Crippen LogP contribution in [0.1, 0.15) is 45.1 Å². The molecule has 0 radical (unpaired) electrons. The van der Waals surface area contributed by atoms with Gasteiger partial charge in [0, 0.05) is 25.8 Å². The lowest BCUT2D eigenvalue weighted by atomic mass is 10.1. The van der Waals surface area contributed by atoms with Crippen molar-refractivity contribution in [2.75, 3.05) is 40.0 Å². The molecule has 1 fully saturated rings. The van der Waals surface area contributed by atoms with Gasteiger partial charge in [-0.05, 0) is 64.1 Å². The molecule has 1 aromatic carbocycles. The molecule has 1 aliphatic heterocycles. The van der Waals surface area contributed by atoms with Crippen LogP contribution in [0.5, 0.6) is 17.2 Å². The van der Waals surface area contributed by atoms with Crippen LogP contribution >= 0.6 is 0 Å². The van der Waals surface area contributed by atoms with Crippen LogP contribution in [0.4, 0.5) is 0 Å². The molecule has 1 heterocycles. The van der Waals surface area contributed by atoms with Crippen molar-refractivity contribution in [2.24, 2.45) is 0 Å². The number of ketones is 1. The average Bonchev–Trinajstić information content (AvgIpc) is 2.70. The highest BCUT2D eigenvalue weighted by atomic mass is 16.5. The van der Waals surface area contributed by atoms with Crippen molar-refractivity contribution in [3.05, 3.63) is 17.7 Å². The SMILES string of the molecule is COc1cc(CCCO)c(OC(C)C(C)=O)cc1OCCCN1CCCC(O)C1. The Hall–Kier alpha value is -1.83. The molecule has 2 N–H and O–H groups in total. The number of piperidine rings is 1. The Morgan fingerprint density at radius 1 is 1.28 bits per heavy atom. The zero-order valence-electron chi connectivity index (χ0n) is 17.9. The molecule has 1 aromatic rings. The van der Waals surface area contributed by atoms with Gasteiger partial charge in [-0.2, -0.15) is 0 Å². The normalized spacial score (nSPS) is 18.3. The van der Waals surface area contributed by atoms with Crippen LogP contribution in [-0.4, -0.2) is 73.1 Å². The first-order chi connectivity index (χ1) is 13.9. The van der Waals surface area contributed by atoms with Crippen molar-refractivity contribution in [3.8, 4) is 17.2 Å². The average molecular weight is 410 g/mol. The second-order valence-electron chi connectivity index (χ2n) is 7.61. The summed E-state index contributed by atoms with van der Waals surface area (Å²) in [4.78, 5) is 13.9. The first-order valence-corrected chi connectivity index (χ1v) is 10.5. The number of aryl methyl sites for hydroxylation is 1. The lowest BCUT2D eigenvalue weighted by molar-refractivity contribution is -0.122. The molecule has 1 saturated heterocycles. The van der Waals surface area contributed by atoms with Gasteiger partial charge in [-0.3, -0.25) is 4.79 Å². The fourth-order valence-corrected chi connectivity index (χ4v) is 3.41. The van der Waals surface area contributed by atoms with Crippen LogP contribution in [0.2, 0.25) is 0 Å². The maximum Gasteiger partial charge on any atom is 0.169 e. The number of Topliss-reactive ketones (excluding diaryl/α,β-unsaturated/α-hetero) is 1. The van der Waals surface area contributed by atoms with Gasteiger partial charge in [0.05, 0.1) is 19.8 Å². The topological polar surface area (TPSA) is 88.5 Å². The number of aliphatic hydroxyl groups is 2. The van der Waals surface area contributed by atoms with Gasteiger partial charge in [-0.15, -0.1) is 0 Å². The number of carbonyl (C=O) groups is 1. The van der Waals surface area contributed by atoms with Gasteiger partial charge in [-0.1, -0.05) is 0 Å². The standard InChI is InChI=1S/C22H35NO6/c1-16(25)17(2)29-20-14-22(21(27-3)13-18(20)7-5-11-24)28-12-6-10-23-9-4-8-19(26)15-23/h13-14,17,19,24,26H,4-12,15H2,1-3H3. The number of methoxy groups -OCH3 is 1. The number of aliphatic hydroxyl groups excluding tert-OH is 2. The van der Waals surface area contributed by atoms with E-state index < -0.39 is 6.10 Å². The lowest BCUT2D eigenvalue weighted by Gasteiger charge is -2.29. The number of benzene rings is 1. The first kappa shape index (κ1) is 23.4. The number of rotatable bonds is 12. The van der Waals surface area contributed by atoms with Crippen LogP contribution in [-0.2, 0) is 11.2 Å². The van der Waals surface area contributed by atoms with Crippen molar-refractivity contribution in [2.45, 2.75) is 58.2 Å². The molecule has 2 rings (SSSR count). The molecule has 0 spiro atoms. The van der Waals surface area contributed by atoms with Gasteiger partial charge < -0.3 is 29.3 Å². The third-order valence-electron chi connectivity index (χ3n) is 5.18. The number of β-amino-alcohol motifs (C(OH)–C–C–N with tert-alkyl or cyclic N) is 1. The summed E-state index contributed by atoms with van der Waals surface area (Å²) in [7, 11) is 1.59. The Bertz CT molecular complexity index is 650. The molecule has 2 unspecified atom stereocenters. The van der Waals surface area contributed by atoms with Crippen molar-refractivity contribution in [1.82, 2.24) is 4.90 Å². The fourth-order valence-electron chi connectivity index (χ4n) is 3.41. The quantitative estimate of drug-likeness (QED) is 0.512. The second-order valence-corrected chi connectivity index (χ2v) is 7.61. The Morgan fingerprint density at radius 3 is 2.72 bits per heavy atom. The van der Waals surface area contributed by atoms with E-state index in [-0.39, 0.29) is 18.5 Å². The number of hydrogen-bond donors (Lipinski definition) is 2. The van der Waals surface area contributed by atoms with E-state index in [4.69, 9.17) is 19.3 Å². The van der Waals surface area contributed by atoms with E-state index in [1.54, 1.807) is 20.1 Å². The predicted octanol–water partition coefficient (Wildman–Crippen LogP) is 2.20. The molecular formula is C22H35NO6. The summed E-state index contributed by atoms with van der Waals surface area (Å²) in [5, 5.41) is 18.9. The van der Waals surface area contributed by atoms with Crippen LogP contribution in [0.15, 0.2) is 12.1 Å². The summed E-state index contributed by atoms with van der Waals surface area (Å²) in [5.74, 6) is 1.70. The zero-order valence-corrected chi connectivity index (χ0v) is 17.9. The maximum atomic E-state index is 11.6. The van der Waals surface area contributed by atoms with Gasteiger partial charge in [-0.25, -0.2) is 0 Å². The van der Waals surface area contributed by atoms with Crippen molar-refractivity contribution in [1.29, 1.82) is 0 Å². The molecule has 2 atom stereocenters. The molecule has 0 aromatic heterocycles. The van der Waals surface area contributed by atoms with Gasteiger partial charge in [0.1, 0.15) is 5.75 Å². The van der Waals surface area contributed by atoms with Crippen molar-refractivity contribution in [3.63, 3.8) is 0 Å². The minimum atomic E-state index is -0.561. The van der Waals surface area contributed by atoms with Crippen LogP contribution in [0.3, 0.4) is 0 Å². The first-order valence-electron chi connectivity index (χ1n) is 10.5. The van der Waals surface area contributed by atoms with E-state index in [0.29, 0.717) is 36.7 Å². The summed E-state index contributed by atoms with van der Waals surface area (Å²) in [6.45, 7) is 6.42. The fraction of sp³-hybridized carbons (Fsp3) is 0.682. The molecule has 0 saturated carbocycles. The number of ether oxygens (including phenoxy) is 3. The third kappa shape index (κ3) is 7.49. The summed E-state index contributed by atoms with van der Waals surface area (Å²) in [5.41, 5.74) is 0.874. The van der Waals surface area contributed by atoms with E-state index in [0.717, 1.165) is 44.5 Å². The Kier molecular flexibility index (Phi) is 9.70. The molecule has 0 aliphatic carbocycles. The minimum absolute atomic E-state index is 0.0555. The number of carbonyl (C=O) groups excluding carboxylic acids is 1. The maximum absolute atomic E-state index is 11.6. The van der Waals surface area contributed by atoms with E-state index in [2.05, 4.69) is 4.90 Å². The zero-order chi connectivity index (χ0) is 21.2. The second kappa shape index (κ2) is 12.0. The van der Waals surface area contributed by atoms with Gasteiger partial charge in [0.2, 0.25) is 0 Å². The van der Waals surface area contributed by atoms with E-state index in [9.17, 15) is 9.90 Å². The third-order valence-corrected chi connectivity index (χ3v) is 5.18. The molecule has 29 heavy (non-hydrogen) atoms. The Balaban J connectivity index is 2.03. The Morgan fingerprint density at radius 2 is 2.07 bits per heavy atom. The number of hydrogen-bond acceptors (Lipinski definition) is 7. The van der Waals surface area contributed by atoms with Crippen LogP contribution < -0.4 is 14.2 Å². The van der Waals surface area contributed by atoms with Crippen LogP contribution in [0, 0.1) is 0 Å². The van der Waals surface area contributed by atoms with Crippen molar-refractivity contribution >= 4 is 5.78 Å². The van der Waals surface area contributed by atoms with Crippen molar-refractivity contribution < 1.29 is 29.2 Å². The molecular weight excluding hydrogens is 374 g/mol. The van der Waals surface area contributed by atoms with E-state index in [1.165, 1.54) is 6.92 Å². The largest absolute Gasteiger partial charge is 0.493 e. The number of likely N-dealkylation sites (tertiary alicyclic amines) is 1. The molecule has 0 bridgehead atoms. The molecule has 164 valence electrons. The monoisotopic (exact) mass is 409 g/mol. The minimum Gasteiger partial charge on any atom is -0.493 e. The summed E-state index contributed by atoms with van der Waals surface area (Å²) < 4.78 is 17.3. The number of nitrogens with zero attached hydrogens (tertiary/aromatic N) is 1. The van der Waals surface area contributed by atoms with Gasteiger partial charge in [0.15, 0.2) is 23.4 Å². The van der Waals surface area contributed by atoms with Crippen LogP contribution in [0.25, 0.3) is 0 Å². The molecule has 7 nitrogen and oxygen atoms in total. The Labute approximate surface area is 173 Å². The summed E-state index contributed by atoms with van der Waals surface area (Å²) in [6, 6.07) is 3.63. The van der Waals surface area contributed by atoms with Gasteiger partial charge in [0.25, 0.3) is 0 Å². The summed E-state index contributed by atoms with van der Waals surface area (Å²) >= 11 is 0.